The van der Waals surface area contributed by atoms with Crippen molar-refractivity contribution in [3.05, 3.63) is 53.5 Å². The Balaban J connectivity index is 2.14. The van der Waals surface area contributed by atoms with E-state index in [2.05, 4.69) is 10.3 Å². The molecule has 0 aliphatic carbocycles. The van der Waals surface area contributed by atoms with Gasteiger partial charge in [0, 0.05) is 18.8 Å². The van der Waals surface area contributed by atoms with Crippen LogP contribution in [0, 0.1) is 12.7 Å². The highest BCUT2D eigenvalue weighted by Gasteiger charge is 2.06. The smallest absolute Gasteiger partial charge is 0.165 e. The summed E-state index contributed by atoms with van der Waals surface area (Å²) in [6.07, 6.45) is 1.70. The molecule has 0 unspecified atom stereocenters. The minimum atomic E-state index is -0.351. The predicted molar refractivity (Wildman–Crippen MR) is 69.3 cm³/mol. The van der Waals surface area contributed by atoms with Crippen molar-refractivity contribution in [2.75, 3.05) is 12.4 Å². The van der Waals surface area contributed by atoms with Crippen molar-refractivity contribution in [2.45, 2.75) is 13.5 Å². The Morgan fingerprint density at radius 1 is 1.33 bits per heavy atom. The van der Waals surface area contributed by atoms with Crippen LogP contribution >= 0.6 is 0 Å². The van der Waals surface area contributed by atoms with Gasteiger partial charge in [-0.05, 0) is 30.7 Å². The summed E-state index contributed by atoms with van der Waals surface area (Å²) < 4.78 is 19.0. The summed E-state index contributed by atoms with van der Waals surface area (Å²) in [5.74, 6) is 0.655. The Kier molecular flexibility index (Phi) is 3.77. The van der Waals surface area contributed by atoms with Gasteiger partial charge in [-0.2, -0.15) is 0 Å². The lowest BCUT2D eigenvalue weighted by molar-refractivity contribution is 0.290. The molecule has 0 radical (unpaired) electrons. The van der Waals surface area contributed by atoms with Gasteiger partial charge in [-0.25, -0.2) is 9.37 Å². The fourth-order valence-electron chi connectivity index (χ4n) is 1.66. The zero-order chi connectivity index (χ0) is 13.0. The number of rotatable bonds is 4. The van der Waals surface area contributed by atoms with Gasteiger partial charge in [-0.1, -0.05) is 12.1 Å². The molecule has 0 spiro atoms. The molecule has 2 rings (SSSR count). The topological polar surface area (TPSA) is 34.2 Å². The minimum absolute atomic E-state index is 0.265. The van der Waals surface area contributed by atoms with Gasteiger partial charge in [0.05, 0.1) is 0 Å². The van der Waals surface area contributed by atoms with E-state index in [1.165, 1.54) is 6.07 Å². The molecule has 0 bridgehead atoms. The number of nitrogens with zero attached hydrogens (tertiary/aromatic N) is 1. The summed E-state index contributed by atoms with van der Waals surface area (Å²) >= 11 is 0. The van der Waals surface area contributed by atoms with Gasteiger partial charge >= 0.3 is 0 Å². The van der Waals surface area contributed by atoms with Crippen LogP contribution in [0.5, 0.6) is 5.75 Å². The van der Waals surface area contributed by atoms with Crippen LogP contribution in [-0.4, -0.2) is 12.0 Å². The second-order valence-electron chi connectivity index (χ2n) is 3.98. The van der Waals surface area contributed by atoms with Crippen LogP contribution in [0.2, 0.25) is 0 Å². The summed E-state index contributed by atoms with van der Waals surface area (Å²) in [4.78, 5) is 4.16. The number of pyridine rings is 1. The zero-order valence-electron chi connectivity index (χ0n) is 10.4. The third kappa shape index (κ3) is 2.77. The molecule has 0 saturated heterocycles. The number of halogens is 1. The van der Waals surface area contributed by atoms with Crippen molar-refractivity contribution in [1.82, 2.24) is 4.98 Å². The summed E-state index contributed by atoms with van der Waals surface area (Å²) in [7, 11) is 1.79. The summed E-state index contributed by atoms with van der Waals surface area (Å²) in [5, 5.41) is 2.97. The molecule has 0 aliphatic rings. The predicted octanol–water partition coefficient (Wildman–Crippen LogP) is 3.15. The van der Waals surface area contributed by atoms with Gasteiger partial charge < -0.3 is 10.1 Å². The number of aryl methyl sites for hydroxylation is 1. The molecule has 4 heteroatoms. The van der Waals surface area contributed by atoms with E-state index in [4.69, 9.17) is 4.74 Å². The second kappa shape index (κ2) is 5.49. The fraction of sp³-hybridized carbons (Fsp3) is 0.214. The molecule has 94 valence electrons. The number of benzene rings is 1. The quantitative estimate of drug-likeness (QED) is 0.899. The number of hydrogen-bond donors (Lipinski definition) is 1. The van der Waals surface area contributed by atoms with E-state index < -0.39 is 0 Å². The molecule has 0 amide bonds. The maximum absolute atomic E-state index is 13.5. The lowest BCUT2D eigenvalue weighted by Crippen LogP contribution is -2.03. The van der Waals surface area contributed by atoms with Gasteiger partial charge in [0.15, 0.2) is 11.6 Å². The molecule has 1 heterocycles. The van der Waals surface area contributed by atoms with E-state index in [0.717, 1.165) is 16.9 Å². The van der Waals surface area contributed by atoms with E-state index in [1.54, 1.807) is 25.4 Å². The summed E-state index contributed by atoms with van der Waals surface area (Å²) in [6.45, 7) is 2.18. The van der Waals surface area contributed by atoms with Crippen LogP contribution < -0.4 is 10.1 Å². The first-order chi connectivity index (χ1) is 8.70. The van der Waals surface area contributed by atoms with Crippen molar-refractivity contribution >= 4 is 5.82 Å². The van der Waals surface area contributed by atoms with E-state index >= 15 is 0 Å². The number of aromatic nitrogens is 1. The Morgan fingerprint density at radius 3 is 2.94 bits per heavy atom. The van der Waals surface area contributed by atoms with E-state index in [0.29, 0.717) is 0 Å². The van der Waals surface area contributed by atoms with Crippen molar-refractivity contribution < 1.29 is 9.13 Å². The van der Waals surface area contributed by atoms with Gasteiger partial charge in [0.25, 0.3) is 0 Å². The number of anilines is 1. The van der Waals surface area contributed by atoms with Gasteiger partial charge in [-0.3, -0.25) is 0 Å². The second-order valence-corrected chi connectivity index (χ2v) is 3.98. The molecular weight excluding hydrogens is 231 g/mol. The molecule has 3 nitrogen and oxygen atoms in total. The van der Waals surface area contributed by atoms with Crippen LogP contribution in [0.25, 0.3) is 0 Å². The SMILES string of the molecule is CNc1ncccc1COc1cc(C)ccc1F. The Hall–Kier alpha value is -2.10. The Morgan fingerprint density at radius 2 is 2.17 bits per heavy atom. The maximum Gasteiger partial charge on any atom is 0.165 e. The van der Waals surface area contributed by atoms with Crippen molar-refractivity contribution in [3.8, 4) is 5.75 Å². The van der Waals surface area contributed by atoms with Crippen LogP contribution in [0.3, 0.4) is 0 Å². The van der Waals surface area contributed by atoms with E-state index in [9.17, 15) is 4.39 Å². The molecule has 1 aromatic carbocycles. The van der Waals surface area contributed by atoms with E-state index in [-0.39, 0.29) is 18.2 Å². The Labute approximate surface area is 106 Å². The lowest BCUT2D eigenvalue weighted by atomic mass is 10.2. The van der Waals surface area contributed by atoms with Crippen LogP contribution in [-0.2, 0) is 6.61 Å². The van der Waals surface area contributed by atoms with E-state index in [1.807, 2.05) is 19.1 Å². The third-order valence-electron chi connectivity index (χ3n) is 2.60. The normalized spacial score (nSPS) is 10.2. The average molecular weight is 246 g/mol. The molecule has 2 aromatic rings. The van der Waals surface area contributed by atoms with Crippen LogP contribution in [0.1, 0.15) is 11.1 Å². The first-order valence-electron chi connectivity index (χ1n) is 5.71. The molecular formula is C14H15FN2O. The highest BCUT2D eigenvalue weighted by atomic mass is 19.1. The fourth-order valence-corrected chi connectivity index (χ4v) is 1.66. The molecule has 0 saturated carbocycles. The molecule has 18 heavy (non-hydrogen) atoms. The lowest BCUT2D eigenvalue weighted by Gasteiger charge is -2.10. The van der Waals surface area contributed by atoms with Crippen molar-refractivity contribution in [1.29, 1.82) is 0 Å². The molecule has 1 aromatic heterocycles. The summed E-state index contributed by atoms with van der Waals surface area (Å²) in [5.41, 5.74) is 1.85. The monoisotopic (exact) mass is 246 g/mol. The standard InChI is InChI=1S/C14H15FN2O/c1-10-5-6-12(15)13(8-10)18-9-11-4-3-7-17-14(11)16-2/h3-8H,9H2,1-2H3,(H,16,17). The van der Waals surface area contributed by atoms with Gasteiger partial charge in [-0.15, -0.1) is 0 Å². The molecule has 0 atom stereocenters. The molecule has 0 fully saturated rings. The largest absolute Gasteiger partial charge is 0.486 e. The van der Waals surface area contributed by atoms with Gasteiger partial charge in [0.1, 0.15) is 12.4 Å². The molecule has 0 aliphatic heterocycles. The highest BCUT2D eigenvalue weighted by molar-refractivity contribution is 5.42. The third-order valence-corrected chi connectivity index (χ3v) is 2.60. The molecule has 1 N–H and O–H groups in total. The number of nitrogens with one attached hydrogen (secondary N) is 1. The first kappa shape index (κ1) is 12.4. The van der Waals surface area contributed by atoms with Crippen molar-refractivity contribution in [3.63, 3.8) is 0 Å². The van der Waals surface area contributed by atoms with Crippen molar-refractivity contribution in [2.24, 2.45) is 0 Å². The maximum atomic E-state index is 13.5. The number of ether oxygens (including phenoxy) is 1. The average Bonchev–Trinajstić information content (AvgIpc) is 2.40. The zero-order valence-corrected chi connectivity index (χ0v) is 10.4. The van der Waals surface area contributed by atoms with Crippen LogP contribution in [0.15, 0.2) is 36.5 Å². The first-order valence-corrected chi connectivity index (χ1v) is 5.71. The highest BCUT2D eigenvalue weighted by Crippen LogP contribution is 2.21. The minimum Gasteiger partial charge on any atom is -0.486 e. The number of hydrogen-bond acceptors (Lipinski definition) is 3. The van der Waals surface area contributed by atoms with Gasteiger partial charge in [0.2, 0.25) is 0 Å². The van der Waals surface area contributed by atoms with Crippen LogP contribution in [0.4, 0.5) is 10.2 Å². The Bertz CT molecular complexity index is 543. The summed E-state index contributed by atoms with van der Waals surface area (Å²) in [6, 6.07) is 8.53.